The lowest BCUT2D eigenvalue weighted by Crippen LogP contribution is -2.74. The highest BCUT2D eigenvalue weighted by Gasteiger charge is 2.95. The summed E-state index contributed by atoms with van der Waals surface area (Å²) in [5.41, 5.74) is 5.12. The molecule has 2 aliphatic rings. The number of nitrogens with two attached hydrogens (primary N) is 1. The summed E-state index contributed by atoms with van der Waals surface area (Å²) in [6.07, 6.45) is -7.58. The minimum absolute atomic E-state index is 0.160. The number of nitrogens with one attached hydrogen (secondary N) is 1. The predicted molar refractivity (Wildman–Crippen MR) is 95.2 cm³/mol. The van der Waals surface area contributed by atoms with Crippen molar-refractivity contribution in [1.29, 1.82) is 0 Å². The standard InChI is InChI=1S/C19H15F17N2O2/c20-12(21,3-4-38-11(40)9-7-2-1-6(5-7)8(9)10(37)39)13(22,23)14(24,25)15(26,27)16(28,29)17(30,31)18(32,33)19(34,35)36/h1-2,6-9H,3-5H2,(H2,37,39)(H,38,40). The zero-order valence-electron chi connectivity index (χ0n) is 18.9. The van der Waals surface area contributed by atoms with Crippen LogP contribution in [0.3, 0.4) is 0 Å². The van der Waals surface area contributed by atoms with Crippen molar-refractivity contribution >= 4 is 11.8 Å². The van der Waals surface area contributed by atoms with Crippen LogP contribution in [-0.4, -0.2) is 66.0 Å². The lowest BCUT2D eigenvalue weighted by molar-refractivity contribution is -0.461. The Morgan fingerprint density at radius 2 is 1.00 bits per heavy atom. The second kappa shape index (κ2) is 9.52. The molecule has 2 bridgehead atoms. The number of amides is 2. The number of alkyl halides is 17. The number of primary amides is 1. The summed E-state index contributed by atoms with van der Waals surface area (Å²) in [5, 5.41) is 1.49. The molecule has 4 nitrogen and oxygen atoms in total. The van der Waals surface area contributed by atoms with E-state index in [1.807, 2.05) is 0 Å². The minimum atomic E-state index is -8.70. The van der Waals surface area contributed by atoms with Gasteiger partial charge >= 0.3 is 47.6 Å². The van der Waals surface area contributed by atoms with E-state index in [1.54, 1.807) is 0 Å². The molecule has 0 aromatic heterocycles. The molecule has 2 amide bonds. The van der Waals surface area contributed by atoms with E-state index in [9.17, 15) is 84.2 Å². The summed E-state index contributed by atoms with van der Waals surface area (Å²) >= 11 is 0. The Labute approximate surface area is 211 Å². The van der Waals surface area contributed by atoms with Crippen LogP contribution in [0.5, 0.6) is 0 Å². The normalized spacial score (nSPS) is 24.9. The van der Waals surface area contributed by atoms with Crippen molar-refractivity contribution in [3.8, 4) is 0 Å². The summed E-state index contributed by atoms with van der Waals surface area (Å²) in [7, 11) is 0. The molecule has 1 saturated carbocycles. The van der Waals surface area contributed by atoms with Crippen molar-refractivity contribution in [2.24, 2.45) is 29.4 Å². The highest BCUT2D eigenvalue weighted by molar-refractivity contribution is 5.89. The Hall–Kier alpha value is -2.51. The Kier molecular flexibility index (Phi) is 8.02. The molecule has 2 rings (SSSR count). The number of hydrogen-bond acceptors (Lipinski definition) is 2. The molecule has 2 aliphatic carbocycles. The molecule has 0 aromatic rings. The second-order valence-corrected chi connectivity index (χ2v) is 9.09. The monoisotopic (exact) mass is 626 g/mol. The first-order chi connectivity index (χ1) is 17.5. The number of rotatable bonds is 11. The minimum Gasteiger partial charge on any atom is -0.369 e. The van der Waals surface area contributed by atoms with E-state index in [-0.39, 0.29) is 6.42 Å². The van der Waals surface area contributed by atoms with Gasteiger partial charge in [-0.3, -0.25) is 9.59 Å². The topological polar surface area (TPSA) is 72.2 Å². The fourth-order valence-electron chi connectivity index (χ4n) is 4.38. The number of fused-ring (bicyclic) bond motifs is 2. The second-order valence-electron chi connectivity index (χ2n) is 9.09. The van der Waals surface area contributed by atoms with Crippen molar-refractivity contribution < 1.29 is 84.2 Å². The van der Waals surface area contributed by atoms with Crippen LogP contribution >= 0.6 is 0 Å². The van der Waals surface area contributed by atoms with Crippen LogP contribution in [0, 0.1) is 23.7 Å². The smallest absolute Gasteiger partial charge is 0.369 e. The summed E-state index contributed by atoms with van der Waals surface area (Å²) in [5.74, 6) is -63.2. The van der Waals surface area contributed by atoms with Gasteiger partial charge in [-0.05, 0) is 18.3 Å². The van der Waals surface area contributed by atoms with Gasteiger partial charge in [0.2, 0.25) is 11.8 Å². The van der Waals surface area contributed by atoms with Gasteiger partial charge in [0.15, 0.2) is 0 Å². The molecule has 0 radical (unpaired) electrons. The summed E-state index contributed by atoms with van der Waals surface area (Å²) < 4.78 is 226. The van der Waals surface area contributed by atoms with Crippen LogP contribution in [0.25, 0.3) is 0 Å². The molecule has 4 atom stereocenters. The van der Waals surface area contributed by atoms with E-state index in [0.29, 0.717) is 0 Å². The van der Waals surface area contributed by atoms with Gasteiger partial charge in [0, 0.05) is 13.0 Å². The van der Waals surface area contributed by atoms with Crippen LogP contribution in [0.15, 0.2) is 12.2 Å². The van der Waals surface area contributed by atoms with Gasteiger partial charge in [-0.2, -0.15) is 74.6 Å². The van der Waals surface area contributed by atoms with E-state index >= 15 is 0 Å². The molecule has 21 heteroatoms. The van der Waals surface area contributed by atoms with E-state index < -0.39 is 96.1 Å². The van der Waals surface area contributed by atoms with E-state index in [4.69, 9.17) is 5.73 Å². The lowest BCUT2D eigenvalue weighted by Gasteiger charge is -2.42. The Balaban J connectivity index is 2.29. The average molecular weight is 626 g/mol. The molecule has 0 saturated heterocycles. The third-order valence-electron chi connectivity index (χ3n) is 6.62. The lowest BCUT2D eigenvalue weighted by atomic mass is 9.82. The van der Waals surface area contributed by atoms with Crippen LogP contribution < -0.4 is 11.1 Å². The number of allylic oxidation sites excluding steroid dienone is 2. The molecule has 4 unspecified atom stereocenters. The molecular formula is C19H15F17N2O2. The van der Waals surface area contributed by atoms with Gasteiger partial charge in [-0.1, -0.05) is 12.2 Å². The van der Waals surface area contributed by atoms with Crippen molar-refractivity contribution in [1.82, 2.24) is 5.32 Å². The Bertz CT molecular complexity index is 1040. The average Bonchev–Trinajstić information content (AvgIpc) is 3.39. The summed E-state index contributed by atoms with van der Waals surface area (Å²) in [6, 6.07) is 0. The maximum Gasteiger partial charge on any atom is 0.460 e. The fraction of sp³-hybridized carbons (Fsp3) is 0.789. The molecule has 0 spiro atoms. The van der Waals surface area contributed by atoms with Gasteiger partial charge in [-0.15, -0.1) is 0 Å². The number of carbonyl (C=O) groups excluding carboxylic acids is 2. The van der Waals surface area contributed by atoms with E-state index in [2.05, 4.69) is 0 Å². The van der Waals surface area contributed by atoms with Crippen molar-refractivity contribution in [2.45, 2.75) is 60.5 Å². The van der Waals surface area contributed by atoms with Crippen molar-refractivity contribution in [3.05, 3.63) is 12.2 Å². The van der Waals surface area contributed by atoms with Gasteiger partial charge < -0.3 is 11.1 Å². The summed E-state index contributed by atoms with van der Waals surface area (Å²) in [4.78, 5) is 23.8. The Morgan fingerprint density at radius 1 is 0.625 bits per heavy atom. The fourth-order valence-corrected chi connectivity index (χ4v) is 4.38. The predicted octanol–water partition coefficient (Wildman–Crippen LogP) is 5.43. The molecule has 3 N–H and O–H groups in total. The van der Waals surface area contributed by atoms with Gasteiger partial charge in [-0.25, -0.2) is 0 Å². The van der Waals surface area contributed by atoms with Crippen molar-refractivity contribution in [2.75, 3.05) is 6.54 Å². The zero-order valence-corrected chi connectivity index (χ0v) is 18.9. The molecule has 1 fully saturated rings. The quantitative estimate of drug-likeness (QED) is 0.238. The third-order valence-corrected chi connectivity index (χ3v) is 6.62. The van der Waals surface area contributed by atoms with Crippen LogP contribution in [0.2, 0.25) is 0 Å². The SMILES string of the molecule is NC(=O)C1C2C=CC(C2)C1C(=O)NCCC(F)(F)C(F)(F)C(F)(F)C(F)(F)C(F)(F)C(F)(F)C(F)(F)C(F)(F)F. The van der Waals surface area contributed by atoms with Gasteiger partial charge in [0.1, 0.15) is 0 Å². The number of carbonyl (C=O) groups is 2. The number of hydrogen-bond donors (Lipinski definition) is 2. The molecule has 0 heterocycles. The first-order valence-electron chi connectivity index (χ1n) is 10.5. The first kappa shape index (κ1) is 33.7. The first-order valence-corrected chi connectivity index (χ1v) is 10.5. The molecule has 0 aliphatic heterocycles. The Morgan fingerprint density at radius 3 is 1.40 bits per heavy atom. The largest absolute Gasteiger partial charge is 0.460 e. The van der Waals surface area contributed by atoms with Gasteiger partial charge in [0.25, 0.3) is 0 Å². The molecule has 232 valence electrons. The number of halogens is 17. The maximum absolute atomic E-state index is 14.0. The van der Waals surface area contributed by atoms with Crippen molar-refractivity contribution in [3.63, 3.8) is 0 Å². The van der Waals surface area contributed by atoms with E-state index in [0.717, 1.165) is 0 Å². The zero-order chi connectivity index (χ0) is 31.7. The maximum atomic E-state index is 14.0. The van der Waals surface area contributed by atoms with Crippen LogP contribution in [0.4, 0.5) is 74.6 Å². The van der Waals surface area contributed by atoms with Crippen LogP contribution in [0.1, 0.15) is 12.8 Å². The highest BCUT2D eigenvalue weighted by Crippen LogP contribution is 2.64. The third kappa shape index (κ3) is 4.53. The molecule has 40 heavy (non-hydrogen) atoms. The molecular weight excluding hydrogens is 611 g/mol. The van der Waals surface area contributed by atoms with E-state index in [1.165, 1.54) is 17.5 Å². The molecule has 0 aromatic carbocycles. The van der Waals surface area contributed by atoms with Crippen LogP contribution in [-0.2, 0) is 9.59 Å². The summed E-state index contributed by atoms with van der Waals surface area (Å²) in [6.45, 7) is -1.81. The van der Waals surface area contributed by atoms with Gasteiger partial charge in [0.05, 0.1) is 11.8 Å². The highest BCUT2D eigenvalue weighted by atomic mass is 19.4.